The van der Waals surface area contributed by atoms with Crippen molar-refractivity contribution in [3.8, 4) is 0 Å². The summed E-state index contributed by atoms with van der Waals surface area (Å²) in [5.74, 6) is 0.272. The Labute approximate surface area is 91.9 Å². The number of anilines is 2. The monoisotopic (exact) mass is 217 g/mol. The van der Waals surface area contributed by atoms with Crippen LogP contribution in [0.25, 0.3) is 0 Å². The molecule has 0 saturated carbocycles. The SMILES string of the molecule is Cc1ncc(N)cc1C(=O)Nc1ccn[nH]1. The normalized spacial score (nSPS) is 10.1. The summed E-state index contributed by atoms with van der Waals surface area (Å²) in [4.78, 5) is 15.8. The Morgan fingerprint density at radius 1 is 1.56 bits per heavy atom. The standard InChI is InChI=1S/C10H11N5O/c1-6-8(4-7(11)5-12-6)10(16)14-9-2-3-13-15-9/h2-5H,11H2,1H3,(H2,13,14,15,16). The molecule has 0 spiro atoms. The van der Waals surface area contributed by atoms with E-state index in [0.29, 0.717) is 22.8 Å². The van der Waals surface area contributed by atoms with Gasteiger partial charge in [-0.2, -0.15) is 5.10 Å². The number of nitrogens with one attached hydrogen (secondary N) is 2. The van der Waals surface area contributed by atoms with Gasteiger partial charge in [0.25, 0.3) is 5.91 Å². The van der Waals surface area contributed by atoms with Crippen LogP contribution >= 0.6 is 0 Å². The number of carbonyl (C=O) groups excluding carboxylic acids is 1. The largest absolute Gasteiger partial charge is 0.397 e. The average molecular weight is 217 g/mol. The number of aryl methyl sites for hydroxylation is 1. The molecule has 0 aliphatic heterocycles. The highest BCUT2D eigenvalue weighted by atomic mass is 16.1. The number of nitrogens with two attached hydrogens (primary N) is 1. The maximum atomic E-state index is 11.8. The summed E-state index contributed by atoms with van der Waals surface area (Å²) in [6.07, 6.45) is 3.07. The molecule has 6 heteroatoms. The summed E-state index contributed by atoms with van der Waals surface area (Å²) in [6.45, 7) is 1.75. The number of hydrogen-bond acceptors (Lipinski definition) is 4. The van der Waals surface area contributed by atoms with Gasteiger partial charge in [0.2, 0.25) is 0 Å². The molecule has 0 bridgehead atoms. The first-order valence-electron chi connectivity index (χ1n) is 4.69. The minimum absolute atomic E-state index is 0.262. The summed E-state index contributed by atoms with van der Waals surface area (Å²) in [7, 11) is 0. The van der Waals surface area contributed by atoms with Crippen LogP contribution < -0.4 is 11.1 Å². The number of nitrogen functional groups attached to an aromatic ring is 1. The molecule has 82 valence electrons. The van der Waals surface area contributed by atoms with E-state index in [1.165, 1.54) is 6.20 Å². The fourth-order valence-electron chi connectivity index (χ4n) is 1.29. The van der Waals surface area contributed by atoms with Crippen molar-refractivity contribution in [3.05, 3.63) is 35.8 Å². The number of H-pyrrole nitrogens is 1. The molecule has 4 N–H and O–H groups in total. The second-order valence-corrected chi connectivity index (χ2v) is 3.33. The zero-order chi connectivity index (χ0) is 11.5. The number of aromatic amines is 1. The van der Waals surface area contributed by atoms with Gasteiger partial charge in [0.15, 0.2) is 0 Å². The third kappa shape index (κ3) is 2.00. The van der Waals surface area contributed by atoms with Gasteiger partial charge < -0.3 is 11.1 Å². The van der Waals surface area contributed by atoms with Crippen molar-refractivity contribution in [1.82, 2.24) is 15.2 Å². The molecule has 0 aliphatic rings. The zero-order valence-corrected chi connectivity index (χ0v) is 8.69. The second-order valence-electron chi connectivity index (χ2n) is 3.33. The van der Waals surface area contributed by atoms with Gasteiger partial charge in [0.05, 0.1) is 29.3 Å². The predicted molar refractivity (Wildman–Crippen MR) is 59.9 cm³/mol. The van der Waals surface area contributed by atoms with Crippen LogP contribution in [0.5, 0.6) is 0 Å². The van der Waals surface area contributed by atoms with Crippen LogP contribution in [-0.2, 0) is 0 Å². The van der Waals surface area contributed by atoms with Crippen LogP contribution in [-0.4, -0.2) is 21.1 Å². The summed E-state index contributed by atoms with van der Waals surface area (Å²) in [5, 5.41) is 9.02. The number of rotatable bonds is 2. The van der Waals surface area contributed by atoms with E-state index in [9.17, 15) is 4.79 Å². The lowest BCUT2D eigenvalue weighted by Crippen LogP contribution is -2.14. The molecule has 0 atom stereocenters. The topological polar surface area (TPSA) is 96.7 Å². The van der Waals surface area contributed by atoms with Crippen LogP contribution in [0.3, 0.4) is 0 Å². The molecule has 2 aromatic heterocycles. The first kappa shape index (κ1) is 10.2. The highest BCUT2D eigenvalue weighted by Gasteiger charge is 2.10. The third-order valence-corrected chi connectivity index (χ3v) is 2.10. The van der Waals surface area contributed by atoms with Crippen molar-refractivity contribution in [1.29, 1.82) is 0 Å². The summed E-state index contributed by atoms with van der Waals surface area (Å²) < 4.78 is 0. The maximum Gasteiger partial charge on any atom is 0.258 e. The number of amides is 1. The van der Waals surface area contributed by atoms with E-state index < -0.39 is 0 Å². The molecule has 0 unspecified atom stereocenters. The van der Waals surface area contributed by atoms with Gasteiger partial charge in [-0.05, 0) is 13.0 Å². The Hall–Kier alpha value is -2.37. The molecular formula is C10H11N5O. The molecule has 16 heavy (non-hydrogen) atoms. The van der Waals surface area contributed by atoms with Crippen molar-refractivity contribution in [2.75, 3.05) is 11.1 Å². The highest BCUT2D eigenvalue weighted by Crippen LogP contribution is 2.11. The van der Waals surface area contributed by atoms with Crippen molar-refractivity contribution >= 4 is 17.4 Å². The molecule has 2 aromatic rings. The number of carbonyl (C=O) groups is 1. The van der Waals surface area contributed by atoms with Crippen LogP contribution in [0.4, 0.5) is 11.5 Å². The van der Waals surface area contributed by atoms with Crippen molar-refractivity contribution < 1.29 is 4.79 Å². The lowest BCUT2D eigenvalue weighted by atomic mass is 10.2. The van der Waals surface area contributed by atoms with Gasteiger partial charge in [-0.25, -0.2) is 0 Å². The van der Waals surface area contributed by atoms with E-state index in [1.54, 1.807) is 25.3 Å². The molecule has 2 rings (SSSR count). The Morgan fingerprint density at radius 2 is 2.38 bits per heavy atom. The molecule has 1 amide bonds. The Kier molecular flexibility index (Phi) is 2.55. The molecule has 0 aromatic carbocycles. The fourth-order valence-corrected chi connectivity index (χ4v) is 1.29. The zero-order valence-electron chi connectivity index (χ0n) is 8.69. The van der Waals surface area contributed by atoms with Gasteiger partial charge in [0.1, 0.15) is 5.82 Å². The number of pyridine rings is 1. The van der Waals surface area contributed by atoms with Gasteiger partial charge in [-0.15, -0.1) is 0 Å². The van der Waals surface area contributed by atoms with Gasteiger partial charge in [-0.1, -0.05) is 0 Å². The second kappa shape index (κ2) is 4.01. The molecule has 0 fully saturated rings. The molecule has 6 nitrogen and oxygen atoms in total. The van der Waals surface area contributed by atoms with Gasteiger partial charge in [-0.3, -0.25) is 14.9 Å². The highest BCUT2D eigenvalue weighted by molar-refractivity contribution is 6.04. The molecule has 0 radical (unpaired) electrons. The third-order valence-electron chi connectivity index (χ3n) is 2.10. The Balaban J connectivity index is 2.24. The Morgan fingerprint density at radius 3 is 3.06 bits per heavy atom. The maximum absolute atomic E-state index is 11.8. The molecule has 0 saturated heterocycles. The summed E-state index contributed by atoms with van der Waals surface area (Å²) >= 11 is 0. The van der Waals surface area contributed by atoms with Crippen molar-refractivity contribution in [3.63, 3.8) is 0 Å². The van der Waals surface area contributed by atoms with Crippen LogP contribution in [0, 0.1) is 6.92 Å². The number of nitrogens with zero attached hydrogens (tertiary/aromatic N) is 2. The molecular weight excluding hydrogens is 206 g/mol. The van der Waals surface area contributed by atoms with E-state index in [1.807, 2.05) is 0 Å². The van der Waals surface area contributed by atoms with E-state index in [2.05, 4.69) is 20.5 Å². The van der Waals surface area contributed by atoms with Crippen LogP contribution in [0.1, 0.15) is 16.1 Å². The quantitative estimate of drug-likeness (QED) is 0.697. The van der Waals surface area contributed by atoms with E-state index in [-0.39, 0.29) is 5.91 Å². The average Bonchev–Trinajstić information content (AvgIpc) is 2.74. The van der Waals surface area contributed by atoms with Gasteiger partial charge in [0, 0.05) is 6.07 Å². The van der Waals surface area contributed by atoms with Gasteiger partial charge >= 0.3 is 0 Å². The van der Waals surface area contributed by atoms with E-state index >= 15 is 0 Å². The molecule has 2 heterocycles. The molecule has 0 aliphatic carbocycles. The Bertz CT molecular complexity index is 506. The van der Waals surface area contributed by atoms with Crippen molar-refractivity contribution in [2.45, 2.75) is 6.92 Å². The van der Waals surface area contributed by atoms with E-state index in [0.717, 1.165) is 0 Å². The van der Waals surface area contributed by atoms with Crippen molar-refractivity contribution in [2.24, 2.45) is 0 Å². The summed E-state index contributed by atoms with van der Waals surface area (Å²) in [5.41, 5.74) is 7.12. The smallest absolute Gasteiger partial charge is 0.258 e. The number of aromatic nitrogens is 3. The summed E-state index contributed by atoms with van der Waals surface area (Å²) in [6, 6.07) is 3.25. The van der Waals surface area contributed by atoms with Crippen LogP contribution in [0.2, 0.25) is 0 Å². The first-order chi connectivity index (χ1) is 7.66. The van der Waals surface area contributed by atoms with Crippen LogP contribution in [0.15, 0.2) is 24.5 Å². The minimum atomic E-state index is -0.262. The predicted octanol–water partition coefficient (Wildman–Crippen LogP) is 0.948. The van der Waals surface area contributed by atoms with E-state index in [4.69, 9.17) is 5.73 Å². The lowest BCUT2D eigenvalue weighted by molar-refractivity contribution is 0.102. The first-order valence-corrected chi connectivity index (χ1v) is 4.69. The number of hydrogen-bond donors (Lipinski definition) is 3. The fraction of sp³-hybridized carbons (Fsp3) is 0.100. The lowest BCUT2D eigenvalue weighted by Gasteiger charge is -2.05. The minimum Gasteiger partial charge on any atom is -0.397 e.